The van der Waals surface area contributed by atoms with E-state index in [9.17, 15) is 9.90 Å². The van der Waals surface area contributed by atoms with Gasteiger partial charge in [0.05, 0.1) is 12.6 Å². The highest BCUT2D eigenvalue weighted by atomic mass is 16.5. The number of aliphatic hydroxyl groups is 1. The van der Waals surface area contributed by atoms with Crippen LogP contribution in [0, 0.1) is 5.92 Å². The number of nitrogens with zero attached hydrogens (tertiary/aromatic N) is 1. The third-order valence-electron chi connectivity index (χ3n) is 4.21. The van der Waals surface area contributed by atoms with Crippen molar-refractivity contribution >= 4 is 5.91 Å². The van der Waals surface area contributed by atoms with E-state index in [0.29, 0.717) is 17.5 Å². The van der Waals surface area contributed by atoms with Gasteiger partial charge in [-0.15, -0.1) is 0 Å². The molecule has 1 unspecified atom stereocenters. The highest BCUT2D eigenvalue weighted by Crippen LogP contribution is 2.40. The first-order valence-electron chi connectivity index (χ1n) is 7.37. The van der Waals surface area contributed by atoms with Gasteiger partial charge in [-0.1, -0.05) is 5.16 Å². The number of carbonyl (C=O) groups is 1. The van der Waals surface area contributed by atoms with Gasteiger partial charge >= 0.3 is 0 Å². The van der Waals surface area contributed by atoms with E-state index >= 15 is 0 Å². The summed E-state index contributed by atoms with van der Waals surface area (Å²) in [4.78, 5) is 12.2. The molecule has 1 amide bonds. The summed E-state index contributed by atoms with van der Waals surface area (Å²) < 4.78 is 5.19. The number of carbonyl (C=O) groups excluding carboxylic acids is 1. The van der Waals surface area contributed by atoms with Gasteiger partial charge in [0, 0.05) is 12.0 Å². The SMILES string of the molecule is O=C(NC(CO)C1CCNCC1)c1cc(C2CC2)on1. The summed E-state index contributed by atoms with van der Waals surface area (Å²) in [6, 6.07) is 1.52. The molecule has 2 aliphatic rings. The van der Waals surface area contributed by atoms with E-state index in [1.54, 1.807) is 6.07 Å². The van der Waals surface area contributed by atoms with Crippen LogP contribution in [0.5, 0.6) is 0 Å². The molecule has 1 aliphatic heterocycles. The van der Waals surface area contributed by atoms with Gasteiger partial charge in [-0.2, -0.15) is 0 Å². The second-order valence-electron chi connectivity index (χ2n) is 5.74. The number of aromatic nitrogens is 1. The summed E-state index contributed by atoms with van der Waals surface area (Å²) in [6.45, 7) is 1.84. The summed E-state index contributed by atoms with van der Waals surface area (Å²) in [6.07, 6.45) is 4.17. The Morgan fingerprint density at radius 1 is 1.45 bits per heavy atom. The standard InChI is InChI=1S/C14H21N3O3/c18-8-12(9-3-5-15-6-4-9)16-14(19)11-7-13(20-17-11)10-1-2-10/h7,9-10,12,15,18H,1-6,8H2,(H,16,19). The second kappa shape index (κ2) is 5.93. The zero-order chi connectivity index (χ0) is 13.9. The molecular weight excluding hydrogens is 258 g/mol. The van der Waals surface area contributed by atoms with Crippen LogP contribution in [0.4, 0.5) is 0 Å². The number of amides is 1. The molecule has 2 fully saturated rings. The van der Waals surface area contributed by atoms with Crippen LogP contribution in [0.2, 0.25) is 0 Å². The maximum absolute atomic E-state index is 12.2. The molecule has 1 aromatic rings. The molecule has 3 rings (SSSR count). The van der Waals surface area contributed by atoms with Crippen molar-refractivity contribution in [1.82, 2.24) is 15.8 Å². The maximum atomic E-state index is 12.2. The van der Waals surface area contributed by atoms with Gasteiger partial charge in [0.25, 0.3) is 5.91 Å². The molecule has 1 aromatic heterocycles. The molecule has 6 heteroatoms. The summed E-state index contributed by atoms with van der Waals surface area (Å²) in [7, 11) is 0. The van der Waals surface area contributed by atoms with Crippen molar-refractivity contribution in [3.05, 3.63) is 17.5 Å². The van der Waals surface area contributed by atoms with Crippen molar-refractivity contribution in [3.63, 3.8) is 0 Å². The molecule has 1 saturated carbocycles. The molecule has 3 N–H and O–H groups in total. The second-order valence-corrected chi connectivity index (χ2v) is 5.74. The molecule has 2 heterocycles. The van der Waals surface area contributed by atoms with Gasteiger partial charge in [0.15, 0.2) is 5.69 Å². The molecule has 6 nitrogen and oxygen atoms in total. The lowest BCUT2D eigenvalue weighted by Crippen LogP contribution is -2.46. The molecule has 1 atom stereocenters. The van der Waals surface area contributed by atoms with Gasteiger partial charge in [-0.05, 0) is 44.7 Å². The molecule has 0 radical (unpaired) electrons. The highest BCUT2D eigenvalue weighted by molar-refractivity contribution is 5.92. The van der Waals surface area contributed by atoms with E-state index < -0.39 is 0 Å². The molecule has 1 saturated heterocycles. The van der Waals surface area contributed by atoms with Crippen molar-refractivity contribution < 1.29 is 14.4 Å². The van der Waals surface area contributed by atoms with Crippen LogP contribution in [0.25, 0.3) is 0 Å². The van der Waals surface area contributed by atoms with Gasteiger partial charge in [-0.3, -0.25) is 4.79 Å². The monoisotopic (exact) mass is 279 g/mol. The number of aliphatic hydroxyl groups excluding tert-OH is 1. The molecule has 20 heavy (non-hydrogen) atoms. The highest BCUT2D eigenvalue weighted by Gasteiger charge is 2.30. The van der Waals surface area contributed by atoms with E-state index in [2.05, 4.69) is 15.8 Å². The Balaban J connectivity index is 1.60. The third kappa shape index (κ3) is 3.02. The number of rotatable bonds is 5. The number of hydrogen-bond donors (Lipinski definition) is 3. The minimum Gasteiger partial charge on any atom is -0.394 e. The van der Waals surface area contributed by atoms with Crippen LogP contribution >= 0.6 is 0 Å². The smallest absolute Gasteiger partial charge is 0.273 e. The quantitative estimate of drug-likeness (QED) is 0.736. The van der Waals surface area contributed by atoms with Crippen molar-refractivity contribution in [2.45, 2.75) is 37.6 Å². The molecule has 110 valence electrons. The number of hydrogen-bond acceptors (Lipinski definition) is 5. The average Bonchev–Trinajstić information content (AvgIpc) is 3.22. The Labute approximate surface area is 117 Å². The summed E-state index contributed by atoms with van der Waals surface area (Å²) in [5, 5.41) is 19.5. The van der Waals surface area contributed by atoms with Crippen LogP contribution in [0.3, 0.4) is 0 Å². The predicted molar refractivity (Wildman–Crippen MR) is 72.4 cm³/mol. The van der Waals surface area contributed by atoms with Gasteiger partial charge < -0.3 is 20.3 Å². The summed E-state index contributed by atoms with van der Waals surface area (Å²) in [5.41, 5.74) is 0.319. The summed E-state index contributed by atoms with van der Waals surface area (Å²) in [5.74, 6) is 1.32. The molecule has 0 aromatic carbocycles. The maximum Gasteiger partial charge on any atom is 0.273 e. The normalized spacial score (nSPS) is 21.6. The van der Waals surface area contributed by atoms with Gasteiger partial charge in [-0.25, -0.2) is 0 Å². The minimum absolute atomic E-state index is 0.0380. The lowest BCUT2D eigenvalue weighted by Gasteiger charge is -2.29. The van der Waals surface area contributed by atoms with Crippen LogP contribution in [0.1, 0.15) is 47.8 Å². The zero-order valence-electron chi connectivity index (χ0n) is 11.5. The summed E-state index contributed by atoms with van der Waals surface area (Å²) >= 11 is 0. The van der Waals surface area contributed by atoms with Crippen molar-refractivity contribution in [3.8, 4) is 0 Å². The predicted octanol–water partition coefficient (Wildman–Crippen LogP) is 0.642. The Bertz CT molecular complexity index is 464. The Morgan fingerprint density at radius 2 is 2.20 bits per heavy atom. The van der Waals surface area contributed by atoms with Crippen molar-refractivity contribution in [2.24, 2.45) is 5.92 Å². The van der Waals surface area contributed by atoms with Crippen molar-refractivity contribution in [1.29, 1.82) is 0 Å². The molecular formula is C14H21N3O3. The first-order valence-corrected chi connectivity index (χ1v) is 7.37. The molecule has 0 bridgehead atoms. The van der Waals surface area contributed by atoms with Crippen LogP contribution in [-0.2, 0) is 0 Å². The minimum atomic E-state index is -0.252. The Kier molecular flexibility index (Phi) is 4.03. The fraction of sp³-hybridized carbons (Fsp3) is 0.714. The van der Waals surface area contributed by atoms with Gasteiger partial charge in [0.1, 0.15) is 5.76 Å². The van der Waals surface area contributed by atoms with Crippen LogP contribution < -0.4 is 10.6 Å². The van der Waals surface area contributed by atoms with E-state index in [1.807, 2.05) is 0 Å². The number of nitrogens with one attached hydrogen (secondary N) is 2. The van der Waals surface area contributed by atoms with Crippen LogP contribution in [0.15, 0.2) is 10.6 Å². The molecule has 0 spiro atoms. The van der Waals surface area contributed by atoms with E-state index in [0.717, 1.165) is 44.5 Å². The van der Waals surface area contributed by atoms with E-state index in [-0.39, 0.29) is 18.6 Å². The topological polar surface area (TPSA) is 87.4 Å². The first kappa shape index (κ1) is 13.6. The fourth-order valence-electron chi connectivity index (χ4n) is 2.76. The zero-order valence-corrected chi connectivity index (χ0v) is 11.5. The van der Waals surface area contributed by atoms with E-state index in [4.69, 9.17) is 4.52 Å². The van der Waals surface area contributed by atoms with Crippen molar-refractivity contribution in [2.75, 3.05) is 19.7 Å². The first-order chi connectivity index (χ1) is 9.78. The fourth-order valence-corrected chi connectivity index (χ4v) is 2.76. The lowest BCUT2D eigenvalue weighted by molar-refractivity contribution is 0.0865. The van der Waals surface area contributed by atoms with Crippen LogP contribution in [-0.4, -0.2) is 41.9 Å². The largest absolute Gasteiger partial charge is 0.394 e. The average molecular weight is 279 g/mol. The lowest BCUT2D eigenvalue weighted by atomic mass is 9.90. The van der Waals surface area contributed by atoms with Gasteiger partial charge in [0.2, 0.25) is 0 Å². The third-order valence-corrected chi connectivity index (χ3v) is 4.21. The Hall–Kier alpha value is -1.40. The Morgan fingerprint density at radius 3 is 2.85 bits per heavy atom. The van der Waals surface area contributed by atoms with E-state index in [1.165, 1.54) is 0 Å². The molecule has 1 aliphatic carbocycles. The number of piperidine rings is 1.